The number of carbonyl (C=O) groups is 1. The lowest BCUT2D eigenvalue weighted by molar-refractivity contribution is 0.0922. The standard InChI is InChI=1S/C21H25N3O2S/c1-2-26-19-10-8-16(9-11-19)20(25)22-18-12-14-24(15-13-18)21(27)23-17-6-4-3-5-7-17/h3-11,18H,2,12-15H2,1H3,(H,22,25)(H,23,27). The monoisotopic (exact) mass is 383 g/mol. The molecule has 1 amide bonds. The number of para-hydroxylation sites is 1. The molecule has 0 atom stereocenters. The van der Waals surface area contributed by atoms with Gasteiger partial charge in [-0.3, -0.25) is 4.79 Å². The van der Waals surface area contributed by atoms with Gasteiger partial charge in [-0.2, -0.15) is 0 Å². The van der Waals surface area contributed by atoms with Crippen LogP contribution >= 0.6 is 12.2 Å². The lowest BCUT2D eigenvalue weighted by atomic mass is 10.0. The Balaban J connectivity index is 1.46. The Bertz CT molecular complexity index is 757. The average molecular weight is 384 g/mol. The minimum absolute atomic E-state index is 0.0403. The molecule has 6 heteroatoms. The summed E-state index contributed by atoms with van der Waals surface area (Å²) < 4.78 is 5.41. The number of rotatable bonds is 5. The van der Waals surface area contributed by atoms with Crippen molar-refractivity contribution in [2.24, 2.45) is 0 Å². The van der Waals surface area contributed by atoms with Gasteiger partial charge >= 0.3 is 0 Å². The van der Waals surface area contributed by atoms with Crippen LogP contribution in [0.3, 0.4) is 0 Å². The van der Waals surface area contributed by atoms with E-state index < -0.39 is 0 Å². The van der Waals surface area contributed by atoms with Crippen LogP contribution in [0.4, 0.5) is 5.69 Å². The first-order chi connectivity index (χ1) is 13.2. The van der Waals surface area contributed by atoms with Crippen LogP contribution in [-0.2, 0) is 0 Å². The van der Waals surface area contributed by atoms with Crippen molar-refractivity contribution in [2.75, 3.05) is 25.0 Å². The lowest BCUT2D eigenvalue weighted by Gasteiger charge is -2.34. The maximum absolute atomic E-state index is 12.4. The van der Waals surface area contributed by atoms with Gasteiger partial charge in [-0.05, 0) is 68.4 Å². The lowest BCUT2D eigenvalue weighted by Crippen LogP contribution is -2.47. The van der Waals surface area contributed by atoms with Crippen LogP contribution in [0.2, 0.25) is 0 Å². The van der Waals surface area contributed by atoms with Crippen LogP contribution in [-0.4, -0.2) is 41.7 Å². The van der Waals surface area contributed by atoms with Crippen molar-refractivity contribution in [1.29, 1.82) is 0 Å². The number of ether oxygens (including phenoxy) is 1. The van der Waals surface area contributed by atoms with E-state index in [1.807, 2.05) is 49.4 Å². The fraction of sp³-hybridized carbons (Fsp3) is 0.333. The van der Waals surface area contributed by atoms with Crippen LogP contribution in [0.25, 0.3) is 0 Å². The minimum atomic E-state index is -0.0403. The summed E-state index contributed by atoms with van der Waals surface area (Å²) in [5, 5.41) is 7.13. The highest BCUT2D eigenvalue weighted by molar-refractivity contribution is 7.80. The third-order valence-electron chi connectivity index (χ3n) is 4.57. The van der Waals surface area contributed by atoms with E-state index in [0.29, 0.717) is 12.2 Å². The van der Waals surface area contributed by atoms with E-state index in [-0.39, 0.29) is 11.9 Å². The van der Waals surface area contributed by atoms with Gasteiger partial charge in [0, 0.05) is 30.4 Å². The number of anilines is 1. The van der Waals surface area contributed by atoms with Crippen LogP contribution in [0.1, 0.15) is 30.1 Å². The smallest absolute Gasteiger partial charge is 0.251 e. The molecule has 2 aromatic carbocycles. The maximum atomic E-state index is 12.4. The van der Waals surface area contributed by atoms with Gasteiger partial charge in [-0.1, -0.05) is 18.2 Å². The van der Waals surface area contributed by atoms with E-state index in [0.717, 1.165) is 42.5 Å². The average Bonchev–Trinajstić information content (AvgIpc) is 2.70. The van der Waals surface area contributed by atoms with Gasteiger partial charge in [-0.25, -0.2) is 0 Å². The number of hydrogen-bond acceptors (Lipinski definition) is 3. The summed E-state index contributed by atoms with van der Waals surface area (Å²) >= 11 is 5.51. The normalized spacial score (nSPS) is 14.5. The van der Waals surface area contributed by atoms with Crippen molar-refractivity contribution in [2.45, 2.75) is 25.8 Å². The molecule has 1 fully saturated rings. The van der Waals surface area contributed by atoms with E-state index in [9.17, 15) is 4.79 Å². The topological polar surface area (TPSA) is 53.6 Å². The molecule has 0 unspecified atom stereocenters. The summed E-state index contributed by atoms with van der Waals surface area (Å²) in [6.07, 6.45) is 1.75. The molecule has 1 aliphatic heterocycles. The quantitative estimate of drug-likeness (QED) is 0.772. The van der Waals surface area contributed by atoms with E-state index in [1.54, 1.807) is 12.1 Å². The van der Waals surface area contributed by atoms with Crippen LogP contribution in [0.15, 0.2) is 54.6 Å². The van der Waals surface area contributed by atoms with Crippen LogP contribution in [0.5, 0.6) is 5.75 Å². The summed E-state index contributed by atoms with van der Waals surface area (Å²) in [6, 6.07) is 17.4. The zero-order valence-electron chi connectivity index (χ0n) is 15.5. The predicted molar refractivity (Wildman–Crippen MR) is 112 cm³/mol. The molecular formula is C21H25N3O2S. The van der Waals surface area contributed by atoms with E-state index in [4.69, 9.17) is 17.0 Å². The Hall–Kier alpha value is -2.60. The van der Waals surface area contributed by atoms with Crippen LogP contribution < -0.4 is 15.4 Å². The van der Waals surface area contributed by atoms with Crippen molar-refractivity contribution in [3.05, 3.63) is 60.2 Å². The second kappa shape index (κ2) is 9.37. The van der Waals surface area contributed by atoms with E-state index in [2.05, 4.69) is 15.5 Å². The van der Waals surface area contributed by atoms with Crippen molar-refractivity contribution >= 4 is 28.9 Å². The Labute approximate surface area is 165 Å². The predicted octanol–water partition coefficient (Wildman–Crippen LogP) is 3.68. The fourth-order valence-corrected chi connectivity index (χ4v) is 3.39. The second-order valence-electron chi connectivity index (χ2n) is 6.49. The van der Waals surface area contributed by atoms with Gasteiger partial charge in [0.05, 0.1) is 6.61 Å². The molecule has 2 N–H and O–H groups in total. The maximum Gasteiger partial charge on any atom is 0.251 e. The number of piperidine rings is 1. The summed E-state index contributed by atoms with van der Waals surface area (Å²) in [7, 11) is 0. The zero-order chi connectivity index (χ0) is 19.1. The Morgan fingerprint density at radius 2 is 1.78 bits per heavy atom. The first-order valence-electron chi connectivity index (χ1n) is 9.30. The van der Waals surface area contributed by atoms with Gasteiger partial charge in [0.25, 0.3) is 5.91 Å². The minimum Gasteiger partial charge on any atom is -0.494 e. The summed E-state index contributed by atoms with van der Waals surface area (Å²) in [6.45, 7) is 4.21. The largest absolute Gasteiger partial charge is 0.494 e. The third kappa shape index (κ3) is 5.44. The highest BCUT2D eigenvalue weighted by Gasteiger charge is 2.22. The fourth-order valence-electron chi connectivity index (χ4n) is 3.09. The molecular weight excluding hydrogens is 358 g/mol. The molecule has 1 saturated heterocycles. The van der Waals surface area contributed by atoms with Gasteiger partial charge in [0.15, 0.2) is 5.11 Å². The molecule has 3 rings (SSSR count). The van der Waals surface area contributed by atoms with Gasteiger partial charge in [0.2, 0.25) is 0 Å². The molecule has 1 aliphatic rings. The number of nitrogens with one attached hydrogen (secondary N) is 2. The number of carbonyl (C=O) groups excluding carboxylic acids is 1. The number of amides is 1. The number of thiocarbonyl (C=S) groups is 1. The molecule has 5 nitrogen and oxygen atoms in total. The molecule has 0 aromatic heterocycles. The first kappa shape index (κ1) is 19.2. The number of hydrogen-bond donors (Lipinski definition) is 2. The van der Waals surface area contributed by atoms with Crippen LogP contribution in [0, 0.1) is 0 Å². The molecule has 0 spiro atoms. The van der Waals surface area contributed by atoms with Gasteiger partial charge in [0.1, 0.15) is 5.75 Å². The SMILES string of the molecule is CCOc1ccc(C(=O)NC2CCN(C(=S)Nc3ccccc3)CC2)cc1. The molecule has 2 aromatic rings. The second-order valence-corrected chi connectivity index (χ2v) is 6.88. The van der Waals surface area contributed by atoms with E-state index >= 15 is 0 Å². The molecule has 1 heterocycles. The summed E-state index contributed by atoms with van der Waals surface area (Å²) in [5.41, 5.74) is 1.65. The van der Waals surface area contributed by atoms with E-state index in [1.165, 1.54) is 0 Å². The Morgan fingerprint density at radius 1 is 1.11 bits per heavy atom. The van der Waals surface area contributed by atoms with Gasteiger partial charge in [-0.15, -0.1) is 0 Å². The Morgan fingerprint density at radius 3 is 2.41 bits per heavy atom. The molecule has 0 radical (unpaired) electrons. The highest BCUT2D eigenvalue weighted by atomic mass is 32.1. The van der Waals surface area contributed by atoms with Crippen molar-refractivity contribution in [3.8, 4) is 5.75 Å². The van der Waals surface area contributed by atoms with Gasteiger partial charge < -0.3 is 20.3 Å². The zero-order valence-corrected chi connectivity index (χ0v) is 16.3. The highest BCUT2D eigenvalue weighted by Crippen LogP contribution is 2.16. The molecule has 0 aliphatic carbocycles. The van der Waals surface area contributed by atoms with Crippen molar-refractivity contribution < 1.29 is 9.53 Å². The summed E-state index contributed by atoms with van der Waals surface area (Å²) in [5.74, 6) is 0.739. The molecule has 142 valence electrons. The van der Waals surface area contributed by atoms with Crippen molar-refractivity contribution in [3.63, 3.8) is 0 Å². The first-order valence-corrected chi connectivity index (χ1v) is 9.71. The third-order valence-corrected chi connectivity index (χ3v) is 4.93. The summed E-state index contributed by atoms with van der Waals surface area (Å²) in [4.78, 5) is 14.6. The van der Waals surface area contributed by atoms with Crippen molar-refractivity contribution in [1.82, 2.24) is 10.2 Å². The number of benzene rings is 2. The number of nitrogens with zero attached hydrogens (tertiary/aromatic N) is 1. The molecule has 0 saturated carbocycles. The molecule has 27 heavy (non-hydrogen) atoms. The molecule has 0 bridgehead atoms. The number of likely N-dealkylation sites (tertiary alicyclic amines) is 1. The Kier molecular flexibility index (Phi) is 6.65.